The highest BCUT2D eigenvalue weighted by Crippen LogP contribution is 2.41. The van der Waals surface area contributed by atoms with Crippen LogP contribution in [-0.4, -0.2) is 24.1 Å². The summed E-state index contributed by atoms with van der Waals surface area (Å²) in [5, 5.41) is 4.69. The number of hydrogen-bond acceptors (Lipinski definition) is 3. The maximum atomic E-state index is 5.20. The number of para-hydroxylation sites is 3. The third kappa shape index (κ3) is 5.21. The number of nitrogens with zero attached hydrogens (tertiary/aromatic N) is 5. The molecule has 0 radical (unpaired) electrons. The maximum absolute atomic E-state index is 5.20. The van der Waals surface area contributed by atoms with Gasteiger partial charge in [-0.1, -0.05) is 164 Å². The Morgan fingerprint density at radius 3 is 1.50 bits per heavy atom. The van der Waals surface area contributed by atoms with Gasteiger partial charge in [0.1, 0.15) is 0 Å². The van der Waals surface area contributed by atoms with E-state index < -0.39 is 0 Å². The molecule has 3 aromatic heterocycles. The Morgan fingerprint density at radius 1 is 0.304 bits per heavy atom. The van der Waals surface area contributed by atoms with Gasteiger partial charge >= 0.3 is 0 Å². The summed E-state index contributed by atoms with van der Waals surface area (Å²) < 4.78 is 4.61. The Morgan fingerprint density at radius 2 is 0.821 bits per heavy atom. The normalized spacial score (nSPS) is 11.6. The van der Waals surface area contributed by atoms with Crippen LogP contribution in [0.1, 0.15) is 0 Å². The lowest BCUT2D eigenvalue weighted by Crippen LogP contribution is -2.06. The maximum Gasteiger partial charge on any atom is 0.238 e. The highest BCUT2D eigenvalue weighted by atomic mass is 15.2. The first-order valence-electron chi connectivity index (χ1n) is 18.9. The lowest BCUT2D eigenvalue weighted by atomic mass is 10.00. The van der Waals surface area contributed by atoms with E-state index in [2.05, 4.69) is 173 Å². The molecule has 8 aromatic carbocycles. The van der Waals surface area contributed by atoms with Crippen molar-refractivity contribution in [2.24, 2.45) is 0 Å². The molecule has 11 rings (SSSR count). The van der Waals surface area contributed by atoms with Gasteiger partial charge in [0, 0.05) is 43.9 Å². The van der Waals surface area contributed by atoms with Crippen molar-refractivity contribution in [1.29, 1.82) is 0 Å². The monoisotopic (exact) mass is 715 g/mol. The molecule has 0 atom stereocenters. The van der Waals surface area contributed by atoms with Crippen LogP contribution in [0.25, 0.3) is 100 Å². The molecular weight excluding hydrogens is 683 g/mol. The van der Waals surface area contributed by atoms with Crippen molar-refractivity contribution >= 4 is 43.6 Å². The predicted octanol–water partition coefficient (Wildman–Crippen LogP) is 12.7. The zero-order chi connectivity index (χ0) is 37.0. The highest BCUT2D eigenvalue weighted by molar-refractivity contribution is 6.15. The van der Waals surface area contributed by atoms with E-state index in [1.165, 1.54) is 27.4 Å². The van der Waals surface area contributed by atoms with E-state index >= 15 is 0 Å². The molecule has 11 aromatic rings. The molecule has 3 heterocycles. The SMILES string of the molecule is c1ccc(-c2cccc(-n3c4ccccc4c4cc(-c5cccc6c7ccccc7n(-c7nc(-c8ccccc8)nc(-c8ccccc8)n7)c56)ccc43)c2)cc1. The Bertz CT molecular complexity index is 3180. The smallest absolute Gasteiger partial charge is 0.238 e. The van der Waals surface area contributed by atoms with Crippen molar-refractivity contribution in [3.05, 3.63) is 200 Å². The Kier molecular flexibility index (Phi) is 7.42. The van der Waals surface area contributed by atoms with Crippen molar-refractivity contribution in [2.75, 3.05) is 0 Å². The van der Waals surface area contributed by atoms with E-state index in [4.69, 9.17) is 15.0 Å². The van der Waals surface area contributed by atoms with E-state index in [-0.39, 0.29) is 0 Å². The second kappa shape index (κ2) is 13.0. The molecule has 262 valence electrons. The molecule has 0 bridgehead atoms. The Hall–Kier alpha value is -7.63. The summed E-state index contributed by atoms with van der Waals surface area (Å²) in [4.78, 5) is 15.4. The number of fused-ring (bicyclic) bond motifs is 6. The molecule has 0 spiro atoms. The fourth-order valence-corrected chi connectivity index (χ4v) is 8.23. The average Bonchev–Trinajstić information content (AvgIpc) is 3.80. The van der Waals surface area contributed by atoms with Gasteiger partial charge in [0.15, 0.2) is 11.6 Å². The van der Waals surface area contributed by atoms with Crippen LogP contribution in [0.3, 0.4) is 0 Å². The van der Waals surface area contributed by atoms with Gasteiger partial charge in [-0.15, -0.1) is 0 Å². The minimum absolute atomic E-state index is 0.576. The van der Waals surface area contributed by atoms with Crippen LogP contribution in [0.15, 0.2) is 200 Å². The molecule has 0 saturated heterocycles. The highest BCUT2D eigenvalue weighted by Gasteiger charge is 2.21. The molecule has 0 unspecified atom stereocenters. The zero-order valence-electron chi connectivity index (χ0n) is 30.3. The summed E-state index contributed by atoms with van der Waals surface area (Å²) in [5.74, 6) is 1.83. The molecule has 0 aliphatic heterocycles. The van der Waals surface area contributed by atoms with Crippen LogP contribution < -0.4 is 0 Å². The van der Waals surface area contributed by atoms with Gasteiger partial charge in [-0.25, -0.2) is 4.98 Å². The quantitative estimate of drug-likeness (QED) is 0.172. The average molecular weight is 716 g/mol. The molecule has 0 amide bonds. The van der Waals surface area contributed by atoms with E-state index in [9.17, 15) is 0 Å². The van der Waals surface area contributed by atoms with E-state index in [1.807, 2.05) is 36.4 Å². The second-order valence-corrected chi connectivity index (χ2v) is 14.1. The van der Waals surface area contributed by atoms with Gasteiger partial charge in [0.25, 0.3) is 0 Å². The topological polar surface area (TPSA) is 48.5 Å². The number of hydrogen-bond donors (Lipinski definition) is 0. The van der Waals surface area contributed by atoms with Crippen LogP contribution >= 0.6 is 0 Å². The van der Waals surface area contributed by atoms with Crippen molar-refractivity contribution in [3.63, 3.8) is 0 Å². The third-order valence-corrected chi connectivity index (χ3v) is 10.8. The van der Waals surface area contributed by atoms with Crippen molar-refractivity contribution in [2.45, 2.75) is 0 Å². The van der Waals surface area contributed by atoms with E-state index in [0.717, 1.165) is 55.3 Å². The van der Waals surface area contributed by atoms with Gasteiger partial charge in [-0.2, -0.15) is 9.97 Å². The third-order valence-electron chi connectivity index (χ3n) is 10.8. The lowest BCUT2D eigenvalue weighted by Gasteiger charge is -2.13. The molecule has 0 fully saturated rings. The van der Waals surface area contributed by atoms with Crippen LogP contribution in [0.2, 0.25) is 0 Å². The summed E-state index contributed by atoms with van der Waals surface area (Å²) in [7, 11) is 0. The molecule has 0 N–H and O–H groups in total. The molecule has 0 aliphatic carbocycles. The fourth-order valence-electron chi connectivity index (χ4n) is 8.23. The van der Waals surface area contributed by atoms with E-state index in [1.54, 1.807) is 0 Å². The zero-order valence-corrected chi connectivity index (χ0v) is 30.3. The minimum atomic E-state index is 0.576. The van der Waals surface area contributed by atoms with Gasteiger partial charge in [-0.3, -0.25) is 4.57 Å². The number of rotatable bonds is 6. The minimum Gasteiger partial charge on any atom is -0.309 e. The molecular formula is C51H33N5. The van der Waals surface area contributed by atoms with Gasteiger partial charge < -0.3 is 4.57 Å². The predicted molar refractivity (Wildman–Crippen MR) is 230 cm³/mol. The van der Waals surface area contributed by atoms with Crippen LogP contribution in [-0.2, 0) is 0 Å². The molecule has 56 heavy (non-hydrogen) atoms. The summed E-state index contributed by atoms with van der Waals surface area (Å²) in [6.45, 7) is 0. The van der Waals surface area contributed by atoms with Crippen LogP contribution in [0.5, 0.6) is 0 Å². The molecule has 5 heteroatoms. The lowest BCUT2D eigenvalue weighted by molar-refractivity contribution is 0.954. The first kappa shape index (κ1) is 31.9. The summed E-state index contributed by atoms with van der Waals surface area (Å²) in [6.07, 6.45) is 0. The summed E-state index contributed by atoms with van der Waals surface area (Å²) in [6, 6.07) is 70.4. The van der Waals surface area contributed by atoms with Gasteiger partial charge in [0.2, 0.25) is 5.95 Å². The van der Waals surface area contributed by atoms with Gasteiger partial charge in [0.05, 0.1) is 22.1 Å². The molecule has 0 aliphatic rings. The number of benzene rings is 8. The second-order valence-electron chi connectivity index (χ2n) is 14.1. The molecule has 5 nitrogen and oxygen atoms in total. The summed E-state index contributed by atoms with van der Waals surface area (Å²) >= 11 is 0. The Labute approximate surface area is 323 Å². The van der Waals surface area contributed by atoms with Gasteiger partial charge in [-0.05, 0) is 53.1 Å². The van der Waals surface area contributed by atoms with Crippen molar-refractivity contribution in [3.8, 4) is 56.7 Å². The first-order chi connectivity index (χ1) is 27.8. The standard InChI is InChI=1S/C51H33N5/c1-4-16-34(17-5-1)37-22-14-23-39(32-37)55-45-28-12-11-25-42(45)44-33-38(30-31-47(44)55)40-26-15-27-43-41-24-10-13-29-46(41)56(48(40)43)51-53-49(35-18-6-2-7-19-35)52-50(54-51)36-20-8-3-9-21-36/h1-33H. The largest absolute Gasteiger partial charge is 0.309 e. The number of aromatic nitrogens is 5. The van der Waals surface area contributed by atoms with Crippen LogP contribution in [0.4, 0.5) is 0 Å². The fraction of sp³-hybridized carbons (Fsp3) is 0. The van der Waals surface area contributed by atoms with Crippen molar-refractivity contribution < 1.29 is 0 Å². The van der Waals surface area contributed by atoms with Crippen molar-refractivity contribution in [1.82, 2.24) is 24.1 Å². The van der Waals surface area contributed by atoms with E-state index in [0.29, 0.717) is 17.6 Å². The van der Waals surface area contributed by atoms with Crippen LogP contribution in [0, 0.1) is 0 Å². The summed E-state index contributed by atoms with van der Waals surface area (Å²) in [5.41, 5.74) is 12.0. The molecule has 0 saturated carbocycles. The Balaban J connectivity index is 1.15. The first-order valence-corrected chi connectivity index (χ1v) is 18.9.